The van der Waals surface area contributed by atoms with E-state index in [0.29, 0.717) is 6.04 Å². The molecule has 1 aromatic rings. The number of amidine groups is 1. The molecule has 3 rings (SSSR count). The SMILES string of the molecule is CCc1ccc(C2=NNC(=NC3CCCC3)SC2)cc1. The summed E-state index contributed by atoms with van der Waals surface area (Å²) in [5.41, 5.74) is 6.82. The molecule has 0 unspecified atom stereocenters. The summed E-state index contributed by atoms with van der Waals surface area (Å²) in [6.07, 6.45) is 6.20. The molecule has 4 heteroatoms. The van der Waals surface area contributed by atoms with E-state index in [9.17, 15) is 0 Å². The Labute approximate surface area is 125 Å². The fourth-order valence-corrected chi connectivity index (χ4v) is 3.50. The largest absolute Gasteiger partial charge is 0.258 e. The summed E-state index contributed by atoms with van der Waals surface area (Å²) in [6, 6.07) is 9.22. The first-order chi connectivity index (χ1) is 9.85. The van der Waals surface area contributed by atoms with Crippen molar-refractivity contribution in [3.63, 3.8) is 0 Å². The van der Waals surface area contributed by atoms with Crippen LogP contribution in [0.3, 0.4) is 0 Å². The Balaban J connectivity index is 1.66. The number of hydrazone groups is 1. The lowest BCUT2D eigenvalue weighted by atomic mass is 10.1. The molecule has 0 atom stereocenters. The molecule has 0 spiro atoms. The molecule has 1 fully saturated rings. The van der Waals surface area contributed by atoms with Crippen molar-refractivity contribution in [2.75, 3.05) is 5.75 Å². The Morgan fingerprint density at radius 3 is 2.60 bits per heavy atom. The minimum absolute atomic E-state index is 0.519. The van der Waals surface area contributed by atoms with Crippen LogP contribution in [0, 0.1) is 0 Å². The molecule has 1 aliphatic carbocycles. The molecule has 106 valence electrons. The maximum absolute atomic E-state index is 4.75. The van der Waals surface area contributed by atoms with E-state index in [0.717, 1.165) is 23.1 Å². The highest BCUT2D eigenvalue weighted by molar-refractivity contribution is 8.14. The number of nitrogens with one attached hydrogen (secondary N) is 1. The quantitative estimate of drug-likeness (QED) is 0.922. The molecule has 0 saturated heterocycles. The second kappa shape index (κ2) is 6.44. The van der Waals surface area contributed by atoms with E-state index in [-0.39, 0.29) is 0 Å². The molecule has 0 amide bonds. The van der Waals surface area contributed by atoms with Crippen molar-refractivity contribution in [1.82, 2.24) is 5.43 Å². The van der Waals surface area contributed by atoms with E-state index in [1.54, 1.807) is 11.8 Å². The number of benzene rings is 1. The molecule has 3 nitrogen and oxygen atoms in total. The van der Waals surface area contributed by atoms with Gasteiger partial charge >= 0.3 is 0 Å². The number of aliphatic imine (C=N–C) groups is 1. The van der Waals surface area contributed by atoms with Crippen molar-refractivity contribution >= 4 is 22.6 Å². The lowest BCUT2D eigenvalue weighted by molar-refractivity contribution is 0.703. The van der Waals surface area contributed by atoms with Gasteiger partial charge in [0.2, 0.25) is 0 Å². The predicted octanol–water partition coefficient (Wildman–Crippen LogP) is 3.59. The van der Waals surface area contributed by atoms with Crippen LogP contribution >= 0.6 is 11.8 Å². The fraction of sp³-hybridized carbons (Fsp3) is 0.500. The smallest absolute Gasteiger partial charge is 0.177 e. The first kappa shape index (κ1) is 13.7. The molecule has 0 aromatic heterocycles. The molecule has 0 radical (unpaired) electrons. The summed E-state index contributed by atoms with van der Waals surface area (Å²) in [5, 5.41) is 5.49. The summed E-state index contributed by atoms with van der Waals surface area (Å²) in [5.74, 6) is 0.907. The Morgan fingerprint density at radius 2 is 2.00 bits per heavy atom. The van der Waals surface area contributed by atoms with Crippen molar-refractivity contribution < 1.29 is 0 Å². The van der Waals surface area contributed by atoms with Gasteiger partial charge in [-0.3, -0.25) is 10.4 Å². The van der Waals surface area contributed by atoms with Crippen LogP contribution in [0.5, 0.6) is 0 Å². The van der Waals surface area contributed by atoms with Gasteiger partial charge in [-0.15, -0.1) is 0 Å². The van der Waals surface area contributed by atoms with E-state index < -0.39 is 0 Å². The molecule has 0 bridgehead atoms. The monoisotopic (exact) mass is 287 g/mol. The van der Waals surface area contributed by atoms with Crippen LogP contribution in [0.15, 0.2) is 34.4 Å². The third kappa shape index (κ3) is 3.23. The van der Waals surface area contributed by atoms with Crippen molar-refractivity contribution in [1.29, 1.82) is 0 Å². The third-order valence-corrected chi connectivity index (χ3v) is 4.84. The van der Waals surface area contributed by atoms with Gasteiger partial charge in [0, 0.05) is 5.75 Å². The van der Waals surface area contributed by atoms with Gasteiger partial charge in [0.1, 0.15) is 0 Å². The molecule has 20 heavy (non-hydrogen) atoms. The van der Waals surface area contributed by atoms with Gasteiger partial charge in [0.15, 0.2) is 5.17 Å². The van der Waals surface area contributed by atoms with Crippen molar-refractivity contribution in [2.45, 2.75) is 45.1 Å². The molecule has 2 aliphatic rings. The van der Waals surface area contributed by atoms with Gasteiger partial charge in [-0.25, -0.2) is 0 Å². The maximum Gasteiger partial charge on any atom is 0.177 e. The first-order valence-corrected chi connectivity index (χ1v) is 8.46. The Hall–Kier alpha value is -1.29. The molecular formula is C16H21N3S. The summed E-state index contributed by atoms with van der Waals surface area (Å²) >= 11 is 1.77. The van der Waals surface area contributed by atoms with Crippen LogP contribution in [-0.2, 0) is 6.42 Å². The van der Waals surface area contributed by atoms with Gasteiger partial charge in [-0.05, 0) is 30.4 Å². The van der Waals surface area contributed by atoms with Crippen LogP contribution in [-0.4, -0.2) is 22.7 Å². The normalized spacial score (nSPS) is 21.9. The van der Waals surface area contributed by atoms with E-state index in [4.69, 9.17) is 4.99 Å². The van der Waals surface area contributed by atoms with Crippen LogP contribution in [0.1, 0.15) is 43.7 Å². The zero-order valence-corrected chi connectivity index (χ0v) is 12.7. The summed E-state index contributed by atoms with van der Waals surface area (Å²) in [7, 11) is 0. The highest BCUT2D eigenvalue weighted by Crippen LogP contribution is 2.23. The van der Waals surface area contributed by atoms with Crippen molar-refractivity contribution in [3.8, 4) is 0 Å². The van der Waals surface area contributed by atoms with E-state index >= 15 is 0 Å². The van der Waals surface area contributed by atoms with Crippen LogP contribution in [0.25, 0.3) is 0 Å². The van der Waals surface area contributed by atoms with Crippen LogP contribution < -0.4 is 5.43 Å². The number of rotatable bonds is 3. The minimum Gasteiger partial charge on any atom is -0.258 e. The zero-order chi connectivity index (χ0) is 13.8. The van der Waals surface area contributed by atoms with Crippen LogP contribution in [0.4, 0.5) is 0 Å². The van der Waals surface area contributed by atoms with Gasteiger partial charge < -0.3 is 0 Å². The minimum atomic E-state index is 0.519. The van der Waals surface area contributed by atoms with Gasteiger partial charge in [-0.1, -0.05) is 55.8 Å². The van der Waals surface area contributed by atoms with E-state index in [1.165, 1.54) is 36.8 Å². The maximum atomic E-state index is 4.75. The second-order valence-corrected chi connectivity index (χ2v) is 6.35. The first-order valence-electron chi connectivity index (χ1n) is 7.47. The molecule has 1 saturated carbocycles. The van der Waals surface area contributed by atoms with Crippen molar-refractivity contribution in [2.24, 2.45) is 10.1 Å². The van der Waals surface area contributed by atoms with Gasteiger partial charge in [-0.2, -0.15) is 5.10 Å². The third-order valence-electron chi connectivity index (χ3n) is 3.95. The second-order valence-electron chi connectivity index (χ2n) is 5.38. The molecule has 1 aromatic carbocycles. The Morgan fingerprint density at radius 1 is 1.25 bits per heavy atom. The lowest BCUT2D eigenvalue weighted by Gasteiger charge is -2.16. The van der Waals surface area contributed by atoms with Gasteiger partial charge in [0.05, 0.1) is 11.8 Å². The van der Waals surface area contributed by atoms with Crippen molar-refractivity contribution in [3.05, 3.63) is 35.4 Å². The van der Waals surface area contributed by atoms with E-state index in [2.05, 4.69) is 41.7 Å². The number of nitrogens with zero attached hydrogens (tertiary/aromatic N) is 2. The Kier molecular flexibility index (Phi) is 4.41. The van der Waals surface area contributed by atoms with E-state index in [1.807, 2.05) is 0 Å². The standard InChI is InChI=1S/C16H21N3S/c1-2-12-7-9-13(10-8-12)15-11-20-16(19-18-15)17-14-5-3-4-6-14/h7-10,14H,2-6,11H2,1H3,(H,17,19). The lowest BCUT2D eigenvalue weighted by Crippen LogP contribution is -2.26. The highest BCUT2D eigenvalue weighted by atomic mass is 32.2. The number of aryl methyl sites for hydroxylation is 1. The molecular weight excluding hydrogens is 266 g/mol. The zero-order valence-electron chi connectivity index (χ0n) is 11.9. The summed E-state index contributed by atoms with van der Waals surface area (Å²) < 4.78 is 0. The summed E-state index contributed by atoms with van der Waals surface area (Å²) in [6.45, 7) is 2.18. The topological polar surface area (TPSA) is 36.8 Å². The average Bonchev–Trinajstić information content (AvgIpc) is 3.01. The number of hydrogen-bond acceptors (Lipinski definition) is 3. The molecule has 1 aliphatic heterocycles. The number of hydrogen-bond donors (Lipinski definition) is 1. The Bertz CT molecular complexity index is 513. The van der Waals surface area contributed by atoms with Crippen LogP contribution in [0.2, 0.25) is 0 Å². The molecule has 1 N–H and O–H groups in total. The number of thioether (sulfide) groups is 1. The van der Waals surface area contributed by atoms with Gasteiger partial charge in [0.25, 0.3) is 0 Å². The molecule has 1 heterocycles. The highest BCUT2D eigenvalue weighted by Gasteiger charge is 2.17. The summed E-state index contributed by atoms with van der Waals surface area (Å²) in [4.78, 5) is 4.75. The fourth-order valence-electron chi connectivity index (χ4n) is 2.66. The average molecular weight is 287 g/mol. The predicted molar refractivity (Wildman–Crippen MR) is 87.6 cm³/mol.